The number of nitriles is 1. The number of aliphatic hydroxyl groups is 1. The van der Waals surface area contributed by atoms with Crippen molar-refractivity contribution in [3.05, 3.63) is 29.8 Å². The second-order valence-electron chi connectivity index (χ2n) is 5.83. The Labute approximate surface area is 130 Å². The molecule has 1 aromatic rings. The lowest BCUT2D eigenvalue weighted by molar-refractivity contribution is -0.127. The Morgan fingerprint density at radius 1 is 1.41 bits per heavy atom. The summed E-state index contributed by atoms with van der Waals surface area (Å²) >= 11 is 0. The Morgan fingerprint density at radius 3 is 2.73 bits per heavy atom. The zero-order valence-electron chi connectivity index (χ0n) is 12.8. The minimum Gasteiger partial charge on any atom is -0.496 e. The van der Waals surface area contributed by atoms with Crippen LogP contribution in [0.1, 0.15) is 50.1 Å². The highest BCUT2D eigenvalue weighted by molar-refractivity contribution is 5.78. The van der Waals surface area contributed by atoms with Crippen molar-refractivity contribution in [3.8, 4) is 11.8 Å². The van der Waals surface area contributed by atoms with Gasteiger partial charge in [0.15, 0.2) is 0 Å². The second-order valence-corrected chi connectivity index (χ2v) is 5.83. The number of carbonyl (C=O) groups excluding carboxylic acids is 1. The normalized spacial score (nSPS) is 18.0. The van der Waals surface area contributed by atoms with E-state index >= 15 is 0 Å². The highest BCUT2D eigenvalue weighted by Crippen LogP contribution is 2.31. The minimum absolute atomic E-state index is 0.0420. The van der Waals surface area contributed by atoms with E-state index in [2.05, 4.69) is 11.4 Å². The van der Waals surface area contributed by atoms with Gasteiger partial charge in [-0.2, -0.15) is 5.26 Å². The molecular weight excluding hydrogens is 280 g/mol. The third-order valence-corrected chi connectivity index (χ3v) is 4.16. The van der Waals surface area contributed by atoms with Crippen molar-refractivity contribution < 1.29 is 14.6 Å². The largest absolute Gasteiger partial charge is 0.496 e. The number of ether oxygens (including phenoxy) is 1. The zero-order valence-corrected chi connectivity index (χ0v) is 12.8. The number of hydrogen-bond donors (Lipinski definition) is 2. The van der Waals surface area contributed by atoms with Crippen LogP contribution in [-0.4, -0.2) is 23.7 Å². The molecule has 1 unspecified atom stereocenters. The zero-order chi connectivity index (χ0) is 16.0. The van der Waals surface area contributed by atoms with Crippen LogP contribution >= 0.6 is 0 Å². The fraction of sp³-hybridized carbons (Fsp3) is 0.529. The van der Waals surface area contributed by atoms with E-state index in [9.17, 15) is 15.2 Å². The molecule has 1 aliphatic rings. The van der Waals surface area contributed by atoms with Gasteiger partial charge in [-0.15, -0.1) is 0 Å². The van der Waals surface area contributed by atoms with Gasteiger partial charge in [-0.25, -0.2) is 0 Å². The highest BCUT2D eigenvalue weighted by Gasteiger charge is 2.32. The summed E-state index contributed by atoms with van der Waals surface area (Å²) < 4.78 is 5.23. The first-order valence-corrected chi connectivity index (χ1v) is 7.62. The number of rotatable bonds is 5. The summed E-state index contributed by atoms with van der Waals surface area (Å²) in [7, 11) is 1.53. The van der Waals surface area contributed by atoms with Crippen molar-refractivity contribution in [1.29, 1.82) is 5.26 Å². The summed E-state index contributed by atoms with van der Waals surface area (Å²) in [4.78, 5) is 12.2. The lowest BCUT2D eigenvalue weighted by Crippen LogP contribution is -2.39. The molecule has 1 aliphatic carbocycles. The standard InChI is InChI=1S/C17H22N2O3/c1-22-15-8-4-3-7-13(15)14(12-18)19-16(20)11-17(21)9-5-2-6-10-17/h3-4,7-8,14,21H,2,5-6,9-11H2,1H3,(H,19,20). The lowest BCUT2D eigenvalue weighted by atomic mass is 9.82. The average Bonchev–Trinajstić information content (AvgIpc) is 2.52. The predicted octanol–water partition coefficient (Wildman–Crippen LogP) is 2.46. The van der Waals surface area contributed by atoms with Gasteiger partial charge in [0.1, 0.15) is 11.8 Å². The SMILES string of the molecule is COc1ccccc1C(C#N)NC(=O)CC1(O)CCCCC1. The molecule has 1 aromatic carbocycles. The second kappa shape index (κ2) is 7.28. The van der Waals surface area contributed by atoms with Gasteiger partial charge in [0.2, 0.25) is 5.91 Å². The monoisotopic (exact) mass is 302 g/mol. The Hall–Kier alpha value is -2.06. The van der Waals surface area contributed by atoms with Crippen LogP contribution in [0.3, 0.4) is 0 Å². The number of nitrogens with one attached hydrogen (secondary N) is 1. The van der Waals surface area contributed by atoms with Gasteiger partial charge in [-0.3, -0.25) is 4.79 Å². The van der Waals surface area contributed by atoms with E-state index < -0.39 is 11.6 Å². The summed E-state index contributed by atoms with van der Waals surface area (Å²) in [6, 6.07) is 8.40. The van der Waals surface area contributed by atoms with Crippen LogP contribution in [0, 0.1) is 11.3 Å². The first-order chi connectivity index (χ1) is 10.6. The van der Waals surface area contributed by atoms with Crippen LogP contribution in [0.4, 0.5) is 0 Å². The molecule has 0 radical (unpaired) electrons. The van der Waals surface area contributed by atoms with Crippen LogP contribution in [-0.2, 0) is 4.79 Å². The van der Waals surface area contributed by atoms with Crippen LogP contribution in [0.15, 0.2) is 24.3 Å². The number of hydrogen-bond acceptors (Lipinski definition) is 4. The first-order valence-electron chi connectivity index (χ1n) is 7.62. The molecule has 1 atom stereocenters. The summed E-state index contributed by atoms with van der Waals surface area (Å²) in [6.07, 6.45) is 4.32. The maximum atomic E-state index is 12.2. The summed E-state index contributed by atoms with van der Waals surface area (Å²) in [6.45, 7) is 0. The van der Waals surface area contributed by atoms with Crippen LogP contribution < -0.4 is 10.1 Å². The van der Waals surface area contributed by atoms with Crippen molar-refractivity contribution in [2.24, 2.45) is 0 Å². The number of carbonyl (C=O) groups is 1. The van der Waals surface area contributed by atoms with Crippen molar-refractivity contribution >= 4 is 5.91 Å². The summed E-state index contributed by atoms with van der Waals surface area (Å²) in [5.74, 6) is 0.257. The molecule has 1 saturated carbocycles. The molecule has 0 bridgehead atoms. The third-order valence-electron chi connectivity index (χ3n) is 4.16. The van der Waals surface area contributed by atoms with Crippen LogP contribution in [0.2, 0.25) is 0 Å². The molecule has 118 valence electrons. The van der Waals surface area contributed by atoms with E-state index in [4.69, 9.17) is 4.74 Å². The summed E-state index contributed by atoms with van der Waals surface area (Å²) in [5.41, 5.74) is -0.306. The summed E-state index contributed by atoms with van der Waals surface area (Å²) in [5, 5.41) is 22.5. The first kappa shape index (κ1) is 16.3. The number of para-hydroxylation sites is 1. The topological polar surface area (TPSA) is 82.3 Å². The molecule has 1 fully saturated rings. The Balaban J connectivity index is 2.04. The smallest absolute Gasteiger partial charge is 0.224 e. The van der Waals surface area contributed by atoms with E-state index in [0.717, 1.165) is 19.3 Å². The average molecular weight is 302 g/mol. The molecular formula is C17H22N2O3. The van der Waals surface area contributed by atoms with E-state index in [1.807, 2.05) is 6.07 Å². The molecule has 0 aliphatic heterocycles. The maximum absolute atomic E-state index is 12.2. The van der Waals surface area contributed by atoms with Crippen LogP contribution in [0.5, 0.6) is 5.75 Å². The Kier molecular flexibility index (Phi) is 5.40. The molecule has 0 aromatic heterocycles. The molecule has 5 heteroatoms. The van der Waals surface area contributed by atoms with E-state index in [1.165, 1.54) is 7.11 Å². The molecule has 22 heavy (non-hydrogen) atoms. The number of nitrogens with zero attached hydrogens (tertiary/aromatic N) is 1. The number of benzene rings is 1. The molecule has 0 spiro atoms. The lowest BCUT2D eigenvalue weighted by Gasteiger charge is -2.31. The van der Waals surface area contributed by atoms with Crippen molar-refractivity contribution in [1.82, 2.24) is 5.32 Å². The molecule has 2 N–H and O–H groups in total. The fourth-order valence-corrected chi connectivity index (χ4v) is 2.98. The van der Waals surface area contributed by atoms with E-state index in [0.29, 0.717) is 24.2 Å². The predicted molar refractivity (Wildman–Crippen MR) is 82.1 cm³/mol. The van der Waals surface area contributed by atoms with Gasteiger partial charge < -0.3 is 15.2 Å². The fourth-order valence-electron chi connectivity index (χ4n) is 2.98. The van der Waals surface area contributed by atoms with Gasteiger partial charge in [-0.05, 0) is 18.9 Å². The Bertz CT molecular complexity index is 559. The number of amides is 1. The maximum Gasteiger partial charge on any atom is 0.224 e. The van der Waals surface area contributed by atoms with Gasteiger partial charge in [0.25, 0.3) is 0 Å². The van der Waals surface area contributed by atoms with Crippen LogP contribution in [0.25, 0.3) is 0 Å². The number of methoxy groups -OCH3 is 1. The van der Waals surface area contributed by atoms with Crippen molar-refractivity contribution in [2.75, 3.05) is 7.11 Å². The molecule has 0 saturated heterocycles. The molecule has 2 rings (SSSR count). The quantitative estimate of drug-likeness (QED) is 0.875. The molecule has 0 heterocycles. The highest BCUT2D eigenvalue weighted by atomic mass is 16.5. The van der Waals surface area contributed by atoms with Crippen molar-refractivity contribution in [2.45, 2.75) is 50.2 Å². The van der Waals surface area contributed by atoms with Gasteiger partial charge in [-0.1, -0.05) is 37.5 Å². The van der Waals surface area contributed by atoms with Gasteiger partial charge in [0.05, 0.1) is 25.2 Å². The van der Waals surface area contributed by atoms with Crippen molar-refractivity contribution in [3.63, 3.8) is 0 Å². The molecule has 5 nitrogen and oxygen atoms in total. The Morgan fingerprint density at radius 2 is 2.09 bits per heavy atom. The molecule has 1 amide bonds. The van der Waals surface area contributed by atoms with E-state index in [-0.39, 0.29) is 12.3 Å². The third kappa shape index (κ3) is 3.99. The van der Waals surface area contributed by atoms with Gasteiger partial charge >= 0.3 is 0 Å². The minimum atomic E-state index is -0.927. The van der Waals surface area contributed by atoms with Gasteiger partial charge in [0, 0.05) is 5.56 Å². The van der Waals surface area contributed by atoms with E-state index in [1.54, 1.807) is 18.2 Å².